The molecule has 3 rings (SSSR count). The zero-order chi connectivity index (χ0) is 13.2. The molecular weight excluding hydrogens is 242 g/mol. The topological polar surface area (TPSA) is 55.6 Å². The number of hydrogen-bond acceptors (Lipinski definition) is 3. The minimum atomic E-state index is -0.0521. The third-order valence-corrected chi connectivity index (χ3v) is 3.33. The monoisotopic (exact) mass is 259 g/mol. The molecule has 1 aliphatic heterocycles. The number of amides is 1. The number of aromatic nitrogens is 2. The van der Waals surface area contributed by atoms with Gasteiger partial charge in [0.05, 0.1) is 23.9 Å². The Bertz CT molecular complexity index is 600. The number of nitrogens with zero attached hydrogens (tertiary/aromatic N) is 2. The molecule has 1 amide bonds. The van der Waals surface area contributed by atoms with Crippen molar-refractivity contribution in [2.24, 2.45) is 0 Å². The Morgan fingerprint density at radius 2 is 2.37 bits per heavy atom. The summed E-state index contributed by atoms with van der Waals surface area (Å²) >= 11 is 0. The van der Waals surface area contributed by atoms with E-state index in [1.54, 1.807) is 6.07 Å². The van der Waals surface area contributed by atoms with Crippen LogP contribution in [-0.2, 0) is 4.74 Å². The van der Waals surface area contributed by atoms with E-state index in [2.05, 4.69) is 10.3 Å². The van der Waals surface area contributed by atoms with Gasteiger partial charge >= 0.3 is 0 Å². The minimum absolute atomic E-state index is 0.0521. The highest BCUT2D eigenvalue weighted by molar-refractivity contribution is 5.94. The second-order valence-corrected chi connectivity index (χ2v) is 4.95. The molecule has 1 N–H and O–H groups in total. The van der Waals surface area contributed by atoms with E-state index in [1.165, 1.54) is 0 Å². The molecule has 5 heteroatoms. The molecule has 2 aromatic rings. The molecule has 1 fully saturated rings. The van der Waals surface area contributed by atoms with Crippen LogP contribution in [0.1, 0.15) is 28.9 Å². The number of imidazole rings is 1. The van der Waals surface area contributed by atoms with Crippen molar-refractivity contribution in [2.75, 3.05) is 13.2 Å². The van der Waals surface area contributed by atoms with E-state index in [4.69, 9.17) is 4.74 Å². The van der Waals surface area contributed by atoms with Gasteiger partial charge in [0, 0.05) is 19.0 Å². The van der Waals surface area contributed by atoms with Crippen LogP contribution in [0, 0.1) is 6.92 Å². The number of rotatable bonds is 2. The van der Waals surface area contributed by atoms with Crippen LogP contribution in [0.4, 0.5) is 0 Å². The Morgan fingerprint density at radius 3 is 3.16 bits per heavy atom. The maximum absolute atomic E-state index is 12.2. The van der Waals surface area contributed by atoms with Crippen LogP contribution in [0.25, 0.3) is 5.65 Å². The van der Waals surface area contributed by atoms with E-state index in [0.29, 0.717) is 12.2 Å². The van der Waals surface area contributed by atoms with Gasteiger partial charge in [-0.1, -0.05) is 0 Å². The van der Waals surface area contributed by atoms with Crippen LogP contribution in [0.3, 0.4) is 0 Å². The first-order valence-corrected chi connectivity index (χ1v) is 6.56. The Balaban J connectivity index is 1.76. The Labute approximate surface area is 111 Å². The van der Waals surface area contributed by atoms with Crippen LogP contribution in [0.5, 0.6) is 0 Å². The van der Waals surface area contributed by atoms with Crippen molar-refractivity contribution in [3.8, 4) is 0 Å². The van der Waals surface area contributed by atoms with E-state index in [0.717, 1.165) is 30.8 Å². The maximum Gasteiger partial charge on any atom is 0.253 e. The number of pyridine rings is 1. The third kappa shape index (κ3) is 2.61. The predicted octanol–water partition coefficient (Wildman–Crippen LogP) is 1.55. The number of hydrogen-bond donors (Lipinski definition) is 1. The van der Waals surface area contributed by atoms with Crippen LogP contribution in [0.15, 0.2) is 24.5 Å². The van der Waals surface area contributed by atoms with E-state index < -0.39 is 0 Å². The fourth-order valence-corrected chi connectivity index (χ4v) is 2.38. The highest BCUT2D eigenvalue weighted by atomic mass is 16.5. The molecule has 100 valence electrons. The van der Waals surface area contributed by atoms with E-state index in [9.17, 15) is 4.79 Å². The summed E-state index contributed by atoms with van der Waals surface area (Å²) < 4.78 is 7.24. The summed E-state index contributed by atoms with van der Waals surface area (Å²) in [6.45, 7) is 3.34. The minimum Gasteiger partial charge on any atom is -0.379 e. The first kappa shape index (κ1) is 12.2. The zero-order valence-corrected chi connectivity index (χ0v) is 10.9. The summed E-state index contributed by atoms with van der Waals surface area (Å²) in [5.41, 5.74) is 2.45. The van der Waals surface area contributed by atoms with Gasteiger partial charge in [-0.3, -0.25) is 4.79 Å². The van der Waals surface area contributed by atoms with Crippen molar-refractivity contribution in [2.45, 2.75) is 25.8 Å². The first-order chi connectivity index (χ1) is 9.22. The van der Waals surface area contributed by atoms with Gasteiger partial charge in [0.25, 0.3) is 5.91 Å². The standard InChI is InChI=1S/C14H17N3O2/c1-10-7-17-8-11(4-5-13(17)15-10)14(18)16-12-3-2-6-19-9-12/h4-5,7-8,12H,2-3,6,9H2,1H3,(H,16,18)/t12-/m0/s1. The Morgan fingerprint density at radius 1 is 1.47 bits per heavy atom. The van der Waals surface area contributed by atoms with Gasteiger partial charge in [0.2, 0.25) is 0 Å². The van der Waals surface area contributed by atoms with Gasteiger partial charge in [-0.2, -0.15) is 0 Å². The predicted molar refractivity (Wildman–Crippen MR) is 71.2 cm³/mol. The fraction of sp³-hybridized carbons (Fsp3) is 0.429. The summed E-state index contributed by atoms with van der Waals surface area (Å²) in [6.07, 6.45) is 5.72. The molecule has 0 saturated carbocycles. The highest BCUT2D eigenvalue weighted by Gasteiger charge is 2.17. The van der Waals surface area contributed by atoms with Gasteiger partial charge in [-0.05, 0) is 31.9 Å². The molecule has 0 bridgehead atoms. The molecule has 1 aliphatic rings. The molecule has 3 heterocycles. The number of carbonyl (C=O) groups excluding carboxylic acids is 1. The van der Waals surface area contributed by atoms with E-state index in [-0.39, 0.29) is 11.9 Å². The third-order valence-electron chi connectivity index (χ3n) is 3.33. The van der Waals surface area contributed by atoms with Crippen molar-refractivity contribution in [3.05, 3.63) is 35.8 Å². The number of aryl methyl sites for hydroxylation is 1. The maximum atomic E-state index is 12.2. The van der Waals surface area contributed by atoms with Crippen molar-refractivity contribution in [3.63, 3.8) is 0 Å². The fourth-order valence-electron chi connectivity index (χ4n) is 2.38. The highest BCUT2D eigenvalue weighted by Crippen LogP contribution is 2.10. The van der Waals surface area contributed by atoms with Gasteiger partial charge in [0.1, 0.15) is 5.65 Å². The molecule has 1 saturated heterocycles. The average molecular weight is 259 g/mol. The number of ether oxygens (including phenoxy) is 1. The average Bonchev–Trinajstić information content (AvgIpc) is 2.78. The molecular formula is C14H17N3O2. The van der Waals surface area contributed by atoms with Crippen LogP contribution < -0.4 is 5.32 Å². The van der Waals surface area contributed by atoms with Crippen LogP contribution in [0.2, 0.25) is 0 Å². The molecule has 1 atom stereocenters. The molecule has 19 heavy (non-hydrogen) atoms. The van der Waals surface area contributed by atoms with E-state index >= 15 is 0 Å². The Hall–Kier alpha value is -1.88. The first-order valence-electron chi connectivity index (χ1n) is 6.56. The number of carbonyl (C=O) groups is 1. The summed E-state index contributed by atoms with van der Waals surface area (Å²) in [7, 11) is 0. The quantitative estimate of drug-likeness (QED) is 0.890. The molecule has 2 aromatic heterocycles. The van der Waals surface area contributed by atoms with Crippen molar-refractivity contribution in [1.82, 2.24) is 14.7 Å². The largest absolute Gasteiger partial charge is 0.379 e. The van der Waals surface area contributed by atoms with Gasteiger partial charge < -0.3 is 14.5 Å². The van der Waals surface area contributed by atoms with Crippen LogP contribution >= 0.6 is 0 Å². The van der Waals surface area contributed by atoms with E-state index in [1.807, 2.05) is 29.8 Å². The van der Waals surface area contributed by atoms with Crippen molar-refractivity contribution in [1.29, 1.82) is 0 Å². The second-order valence-electron chi connectivity index (χ2n) is 4.95. The van der Waals surface area contributed by atoms with Crippen molar-refractivity contribution < 1.29 is 9.53 Å². The van der Waals surface area contributed by atoms with Crippen molar-refractivity contribution >= 4 is 11.6 Å². The molecule has 0 aliphatic carbocycles. The molecule has 0 radical (unpaired) electrons. The summed E-state index contributed by atoms with van der Waals surface area (Å²) in [4.78, 5) is 16.5. The lowest BCUT2D eigenvalue weighted by Gasteiger charge is -2.23. The smallest absolute Gasteiger partial charge is 0.253 e. The van der Waals surface area contributed by atoms with Gasteiger partial charge in [-0.15, -0.1) is 0 Å². The zero-order valence-electron chi connectivity index (χ0n) is 10.9. The molecule has 0 spiro atoms. The lowest BCUT2D eigenvalue weighted by Crippen LogP contribution is -2.40. The second kappa shape index (κ2) is 5.01. The lowest BCUT2D eigenvalue weighted by molar-refractivity contribution is 0.0624. The summed E-state index contributed by atoms with van der Waals surface area (Å²) in [6, 6.07) is 3.79. The van der Waals surface area contributed by atoms with Crippen LogP contribution in [-0.4, -0.2) is 34.5 Å². The number of nitrogens with one attached hydrogen (secondary N) is 1. The summed E-state index contributed by atoms with van der Waals surface area (Å²) in [5.74, 6) is -0.0521. The Kier molecular flexibility index (Phi) is 3.21. The molecule has 5 nitrogen and oxygen atoms in total. The van der Waals surface area contributed by atoms with Gasteiger partial charge in [-0.25, -0.2) is 4.98 Å². The SMILES string of the molecule is Cc1cn2cc(C(=O)N[C@H]3CCCOC3)ccc2n1. The normalized spacial score (nSPS) is 19.5. The molecule has 0 unspecified atom stereocenters. The van der Waals surface area contributed by atoms with Gasteiger partial charge in [0.15, 0.2) is 0 Å². The summed E-state index contributed by atoms with van der Waals surface area (Å²) in [5, 5.41) is 3.01. The molecule has 0 aromatic carbocycles. The lowest BCUT2D eigenvalue weighted by atomic mass is 10.1. The number of fused-ring (bicyclic) bond motifs is 1.